The van der Waals surface area contributed by atoms with Crippen LogP contribution in [0.2, 0.25) is 0 Å². The van der Waals surface area contributed by atoms with Crippen LogP contribution in [0.4, 0.5) is 5.69 Å². The predicted molar refractivity (Wildman–Crippen MR) is 73.5 cm³/mol. The van der Waals surface area contributed by atoms with Crippen LogP contribution in [-0.2, 0) is 6.42 Å². The Morgan fingerprint density at radius 2 is 2.29 bits per heavy atom. The summed E-state index contributed by atoms with van der Waals surface area (Å²) in [6, 6.07) is 5.65. The number of benzene rings is 1. The number of rotatable bonds is 4. The van der Waals surface area contributed by atoms with Gasteiger partial charge in [0, 0.05) is 24.3 Å². The number of amides is 1. The molecule has 2 rings (SSSR count). The summed E-state index contributed by atoms with van der Waals surface area (Å²) < 4.78 is 0. The Bertz CT molecular complexity index is 420. The van der Waals surface area contributed by atoms with Crippen molar-refractivity contribution >= 4 is 23.4 Å². The van der Waals surface area contributed by atoms with Crippen LogP contribution in [0.5, 0.6) is 0 Å². The van der Waals surface area contributed by atoms with Gasteiger partial charge >= 0.3 is 0 Å². The first-order valence-electron chi connectivity index (χ1n) is 5.89. The van der Waals surface area contributed by atoms with Gasteiger partial charge in [-0.3, -0.25) is 4.79 Å². The normalized spacial score (nSPS) is 14.9. The fourth-order valence-corrected chi connectivity index (χ4v) is 2.57. The summed E-state index contributed by atoms with van der Waals surface area (Å²) in [5.41, 5.74) is 8.33. The van der Waals surface area contributed by atoms with Crippen LogP contribution in [0.25, 0.3) is 0 Å². The zero-order chi connectivity index (χ0) is 12.3. The van der Waals surface area contributed by atoms with Gasteiger partial charge in [0.05, 0.1) is 0 Å². The lowest BCUT2D eigenvalue weighted by atomic mass is 9.98. The van der Waals surface area contributed by atoms with E-state index in [1.54, 1.807) is 6.07 Å². The van der Waals surface area contributed by atoms with Gasteiger partial charge in [-0.05, 0) is 42.5 Å². The fraction of sp³-hybridized carbons (Fsp3) is 0.462. The third-order valence-electron chi connectivity index (χ3n) is 3.08. The lowest BCUT2D eigenvalue weighted by Gasteiger charge is -2.28. The SMILES string of the molecule is CSCCCN1CCc2ccc(N)cc2C1=O. The van der Waals surface area contributed by atoms with E-state index >= 15 is 0 Å². The predicted octanol–water partition coefficient (Wildman–Crippen LogP) is 2.02. The molecule has 0 aliphatic carbocycles. The Hall–Kier alpha value is -1.16. The molecule has 1 aromatic carbocycles. The van der Waals surface area contributed by atoms with Crippen molar-refractivity contribution in [2.45, 2.75) is 12.8 Å². The molecule has 1 heterocycles. The minimum atomic E-state index is 0.139. The Kier molecular flexibility index (Phi) is 3.94. The highest BCUT2D eigenvalue weighted by atomic mass is 32.2. The van der Waals surface area contributed by atoms with Crippen molar-refractivity contribution in [3.05, 3.63) is 29.3 Å². The molecule has 0 atom stereocenters. The highest BCUT2D eigenvalue weighted by Gasteiger charge is 2.23. The fourth-order valence-electron chi connectivity index (χ4n) is 2.15. The van der Waals surface area contributed by atoms with Crippen LogP contribution in [0, 0.1) is 0 Å². The number of carbonyl (C=O) groups excluding carboxylic acids is 1. The zero-order valence-electron chi connectivity index (χ0n) is 10.1. The van der Waals surface area contributed by atoms with Crippen molar-refractivity contribution in [1.82, 2.24) is 4.90 Å². The average molecular weight is 250 g/mol. The standard InChI is InChI=1S/C13H18N2OS/c1-17-8-2-6-15-7-5-10-3-4-11(14)9-12(10)13(15)16/h3-4,9H,2,5-8,14H2,1H3. The lowest BCUT2D eigenvalue weighted by Crippen LogP contribution is -2.38. The maximum atomic E-state index is 12.2. The van der Waals surface area contributed by atoms with E-state index in [4.69, 9.17) is 5.73 Å². The van der Waals surface area contributed by atoms with Gasteiger partial charge in [-0.15, -0.1) is 0 Å². The van der Waals surface area contributed by atoms with Gasteiger partial charge in [-0.2, -0.15) is 11.8 Å². The monoisotopic (exact) mass is 250 g/mol. The van der Waals surface area contributed by atoms with Crippen molar-refractivity contribution < 1.29 is 4.79 Å². The highest BCUT2D eigenvalue weighted by molar-refractivity contribution is 7.98. The van der Waals surface area contributed by atoms with Crippen molar-refractivity contribution in [3.8, 4) is 0 Å². The van der Waals surface area contributed by atoms with Gasteiger partial charge in [-0.25, -0.2) is 0 Å². The minimum Gasteiger partial charge on any atom is -0.399 e. The number of nitrogen functional groups attached to an aromatic ring is 1. The molecular weight excluding hydrogens is 232 g/mol. The number of fused-ring (bicyclic) bond motifs is 1. The molecule has 0 saturated heterocycles. The van der Waals surface area contributed by atoms with E-state index in [0.29, 0.717) is 5.69 Å². The van der Waals surface area contributed by atoms with E-state index in [2.05, 4.69) is 6.26 Å². The van der Waals surface area contributed by atoms with Gasteiger partial charge in [0.25, 0.3) is 5.91 Å². The third kappa shape index (κ3) is 2.75. The van der Waals surface area contributed by atoms with Gasteiger partial charge in [0.1, 0.15) is 0 Å². The van der Waals surface area contributed by atoms with Gasteiger partial charge in [-0.1, -0.05) is 6.07 Å². The van der Waals surface area contributed by atoms with Crippen LogP contribution < -0.4 is 5.73 Å². The first-order chi connectivity index (χ1) is 8.22. The molecule has 1 aliphatic rings. The summed E-state index contributed by atoms with van der Waals surface area (Å²) in [6.45, 7) is 1.69. The van der Waals surface area contributed by atoms with Crippen molar-refractivity contribution in [1.29, 1.82) is 0 Å². The molecule has 0 saturated carbocycles. The van der Waals surface area contributed by atoms with E-state index in [-0.39, 0.29) is 5.91 Å². The number of carbonyl (C=O) groups is 1. The summed E-state index contributed by atoms with van der Waals surface area (Å²) in [5.74, 6) is 1.24. The maximum Gasteiger partial charge on any atom is 0.254 e. The largest absolute Gasteiger partial charge is 0.399 e. The number of hydrogen-bond acceptors (Lipinski definition) is 3. The van der Waals surface area contributed by atoms with Crippen molar-refractivity contribution in [2.75, 3.05) is 30.8 Å². The Balaban J connectivity index is 2.09. The number of thioether (sulfide) groups is 1. The molecule has 92 valence electrons. The van der Waals surface area contributed by atoms with Crippen LogP contribution in [0.3, 0.4) is 0 Å². The first kappa shape index (κ1) is 12.3. The third-order valence-corrected chi connectivity index (χ3v) is 3.78. The molecule has 0 fully saturated rings. The van der Waals surface area contributed by atoms with E-state index in [1.165, 1.54) is 0 Å². The molecule has 0 unspecified atom stereocenters. The van der Waals surface area contributed by atoms with E-state index < -0.39 is 0 Å². The molecule has 1 amide bonds. The molecule has 4 heteroatoms. The average Bonchev–Trinajstić information content (AvgIpc) is 2.33. The lowest BCUT2D eigenvalue weighted by molar-refractivity contribution is 0.0740. The number of anilines is 1. The molecule has 1 aromatic rings. The molecule has 0 radical (unpaired) electrons. The molecule has 2 N–H and O–H groups in total. The number of nitrogens with zero attached hydrogens (tertiary/aromatic N) is 1. The molecule has 0 aromatic heterocycles. The molecule has 1 aliphatic heterocycles. The second-order valence-corrected chi connectivity index (χ2v) is 5.29. The van der Waals surface area contributed by atoms with E-state index in [9.17, 15) is 4.79 Å². The number of hydrogen-bond donors (Lipinski definition) is 1. The summed E-state index contributed by atoms with van der Waals surface area (Å²) in [4.78, 5) is 14.2. The van der Waals surface area contributed by atoms with Crippen LogP contribution in [-0.4, -0.2) is 35.9 Å². The van der Waals surface area contributed by atoms with E-state index in [1.807, 2.05) is 28.8 Å². The second-order valence-electron chi connectivity index (χ2n) is 4.31. The Morgan fingerprint density at radius 3 is 3.06 bits per heavy atom. The summed E-state index contributed by atoms with van der Waals surface area (Å²) in [7, 11) is 0. The second kappa shape index (κ2) is 5.45. The van der Waals surface area contributed by atoms with Crippen LogP contribution >= 0.6 is 11.8 Å². The molecule has 0 spiro atoms. The van der Waals surface area contributed by atoms with Crippen molar-refractivity contribution in [3.63, 3.8) is 0 Å². The molecule has 3 nitrogen and oxygen atoms in total. The van der Waals surface area contributed by atoms with Crippen molar-refractivity contribution in [2.24, 2.45) is 0 Å². The summed E-state index contributed by atoms with van der Waals surface area (Å²) >= 11 is 1.82. The zero-order valence-corrected chi connectivity index (χ0v) is 10.9. The highest BCUT2D eigenvalue weighted by Crippen LogP contribution is 2.21. The van der Waals surface area contributed by atoms with Gasteiger partial charge in [0.2, 0.25) is 0 Å². The van der Waals surface area contributed by atoms with Crippen LogP contribution in [0.15, 0.2) is 18.2 Å². The van der Waals surface area contributed by atoms with Gasteiger partial charge in [0.15, 0.2) is 0 Å². The molecular formula is C13H18N2OS. The quantitative estimate of drug-likeness (QED) is 0.657. The Labute approximate surface area is 106 Å². The molecule has 17 heavy (non-hydrogen) atoms. The van der Waals surface area contributed by atoms with Gasteiger partial charge < -0.3 is 10.6 Å². The summed E-state index contributed by atoms with van der Waals surface area (Å²) in [5, 5.41) is 0. The molecule has 0 bridgehead atoms. The first-order valence-corrected chi connectivity index (χ1v) is 7.28. The maximum absolute atomic E-state index is 12.2. The minimum absolute atomic E-state index is 0.139. The smallest absolute Gasteiger partial charge is 0.254 e. The summed E-state index contributed by atoms with van der Waals surface area (Å²) in [6.07, 6.45) is 4.10. The topological polar surface area (TPSA) is 46.3 Å². The number of nitrogens with two attached hydrogens (primary N) is 1. The van der Waals surface area contributed by atoms with Crippen LogP contribution in [0.1, 0.15) is 22.3 Å². The Morgan fingerprint density at radius 1 is 1.47 bits per heavy atom. The van der Waals surface area contributed by atoms with E-state index in [0.717, 1.165) is 42.8 Å².